The SMILES string of the molecule is Cl.Nc1ccc(CO)c(B(O)O)c1.O.O. The van der Waals surface area contributed by atoms with Crippen molar-refractivity contribution in [2.24, 2.45) is 0 Å². The van der Waals surface area contributed by atoms with E-state index in [0.717, 1.165) is 0 Å². The van der Waals surface area contributed by atoms with E-state index in [9.17, 15) is 0 Å². The fourth-order valence-corrected chi connectivity index (χ4v) is 0.998. The van der Waals surface area contributed by atoms with E-state index in [1.807, 2.05) is 0 Å². The summed E-state index contributed by atoms with van der Waals surface area (Å²) in [7, 11) is -1.59. The molecule has 0 aliphatic heterocycles. The molecule has 88 valence electrons. The highest BCUT2D eigenvalue weighted by molar-refractivity contribution is 6.59. The highest BCUT2D eigenvalue weighted by atomic mass is 35.5. The van der Waals surface area contributed by atoms with Gasteiger partial charge in [0.05, 0.1) is 6.61 Å². The molecule has 0 fully saturated rings. The maximum atomic E-state index is 8.85. The third-order valence-electron chi connectivity index (χ3n) is 1.62. The van der Waals surface area contributed by atoms with E-state index >= 15 is 0 Å². The van der Waals surface area contributed by atoms with Gasteiger partial charge in [-0.3, -0.25) is 0 Å². The van der Waals surface area contributed by atoms with Crippen molar-refractivity contribution in [3.8, 4) is 0 Å². The zero-order valence-corrected chi connectivity index (χ0v) is 8.66. The van der Waals surface area contributed by atoms with Crippen LogP contribution in [-0.2, 0) is 6.61 Å². The summed E-state index contributed by atoms with van der Waals surface area (Å²) in [6.45, 7) is -0.229. The number of anilines is 1. The number of aliphatic hydroxyl groups is 1. The quantitative estimate of drug-likeness (QED) is 0.326. The van der Waals surface area contributed by atoms with E-state index in [2.05, 4.69) is 0 Å². The van der Waals surface area contributed by atoms with E-state index in [0.29, 0.717) is 11.3 Å². The molecule has 0 spiro atoms. The van der Waals surface area contributed by atoms with E-state index in [1.54, 1.807) is 12.1 Å². The van der Waals surface area contributed by atoms with Crippen molar-refractivity contribution in [1.82, 2.24) is 0 Å². The van der Waals surface area contributed by atoms with Gasteiger partial charge in [0, 0.05) is 5.69 Å². The molecule has 0 radical (unpaired) electrons. The van der Waals surface area contributed by atoms with Gasteiger partial charge in [-0.15, -0.1) is 12.4 Å². The predicted octanol–water partition coefficient (Wildman–Crippen LogP) is -2.79. The van der Waals surface area contributed by atoms with Gasteiger partial charge in [-0.25, -0.2) is 0 Å². The molecule has 0 heterocycles. The van der Waals surface area contributed by atoms with Crippen molar-refractivity contribution in [1.29, 1.82) is 0 Å². The second-order valence-corrected chi connectivity index (χ2v) is 2.49. The minimum absolute atomic E-state index is 0. The highest BCUT2D eigenvalue weighted by Crippen LogP contribution is 2.03. The van der Waals surface area contributed by atoms with Gasteiger partial charge in [-0.1, -0.05) is 6.07 Å². The Morgan fingerprint density at radius 1 is 1.20 bits per heavy atom. The van der Waals surface area contributed by atoms with Crippen LogP contribution >= 0.6 is 12.4 Å². The molecule has 0 saturated carbocycles. The lowest BCUT2D eigenvalue weighted by Gasteiger charge is -2.06. The number of rotatable bonds is 2. The zero-order chi connectivity index (χ0) is 9.14. The summed E-state index contributed by atoms with van der Waals surface area (Å²) in [4.78, 5) is 0. The lowest BCUT2D eigenvalue weighted by Crippen LogP contribution is -2.33. The van der Waals surface area contributed by atoms with Crippen LogP contribution in [-0.4, -0.2) is 33.2 Å². The van der Waals surface area contributed by atoms with Crippen molar-refractivity contribution < 1.29 is 26.1 Å². The molecule has 0 aliphatic carbocycles. The van der Waals surface area contributed by atoms with Gasteiger partial charge < -0.3 is 31.8 Å². The van der Waals surface area contributed by atoms with Crippen molar-refractivity contribution in [2.75, 3.05) is 5.73 Å². The van der Waals surface area contributed by atoms with Gasteiger partial charge in [-0.05, 0) is 23.2 Å². The molecule has 1 rings (SSSR count). The molecule has 15 heavy (non-hydrogen) atoms. The van der Waals surface area contributed by atoms with Gasteiger partial charge in [-0.2, -0.15) is 0 Å². The largest absolute Gasteiger partial charge is 0.488 e. The third-order valence-corrected chi connectivity index (χ3v) is 1.62. The van der Waals surface area contributed by atoms with Crippen LogP contribution in [0.3, 0.4) is 0 Å². The molecule has 0 atom stereocenters. The molecule has 0 bridgehead atoms. The predicted molar refractivity (Wildman–Crippen MR) is 61.1 cm³/mol. The highest BCUT2D eigenvalue weighted by Gasteiger charge is 2.15. The van der Waals surface area contributed by atoms with Crippen LogP contribution in [0.5, 0.6) is 0 Å². The molecule has 8 heteroatoms. The number of aliphatic hydroxyl groups excluding tert-OH is 1. The summed E-state index contributed by atoms with van der Waals surface area (Å²) in [5.74, 6) is 0. The second kappa shape index (κ2) is 8.48. The Morgan fingerprint density at radius 2 is 1.73 bits per heavy atom. The number of halogens is 1. The molecule has 0 saturated heterocycles. The van der Waals surface area contributed by atoms with Crippen molar-refractivity contribution in [3.63, 3.8) is 0 Å². The van der Waals surface area contributed by atoms with Gasteiger partial charge in [0.25, 0.3) is 0 Å². The zero-order valence-electron chi connectivity index (χ0n) is 7.84. The Hall–Kier alpha value is -0.825. The van der Waals surface area contributed by atoms with Gasteiger partial charge in [0.2, 0.25) is 0 Å². The summed E-state index contributed by atoms with van der Waals surface area (Å²) < 4.78 is 0. The summed E-state index contributed by atoms with van der Waals surface area (Å²) in [5, 5.41) is 26.5. The van der Waals surface area contributed by atoms with E-state index < -0.39 is 7.12 Å². The average Bonchev–Trinajstić information content (AvgIpc) is 2.04. The topological polar surface area (TPSA) is 150 Å². The first-order chi connectivity index (χ1) is 5.65. The Balaban J connectivity index is -0.000000480. The minimum Gasteiger partial charge on any atom is -0.423 e. The molecule has 0 aromatic heterocycles. The standard InChI is InChI=1S/C7H10BNO3.ClH.2H2O/c9-6-2-1-5(4-10)7(3-6)8(11)12;;;/h1-3,10-12H,4,9H2;1H;2*1H2. The lowest BCUT2D eigenvalue weighted by molar-refractivity contribution is 0.282. The van der Waals surface area contributed by atoms with Crippen LogP contribution in [0.4, 0.5) is 5.69 Å². The molecule has 1 aromatic carbocycles. The molecule has 1 aromatic rings. The smallest absolute Gasteiger partial charge is 0.423 e. The number of nitrogens with two attached hydrogens (primary N) is 1. The van der Waals surface area contributed by atoms with E-state index in [4.69, 9.17) is 20.9 Å². The molecular weight excluding hydrogens is 224 g/mol. The van der Waals surface area contributed by atoms with Crippen LogP contribution in [0.1, 0.15) is 5.56 Å². The lowest BCUT2D eigenvalue weighted by atomic mass is 9.77. The number of hydrogen-bond acceptors (Lipinski definition) is 4. The van der Waals surface area contributed by atoms with Crippen molar-refractivity contribution >= 4 is 30.7 Å². The van der Waals surface area contributed by atoms with Crippen LogP contribution in [0.15, 0.2) is 18.2 Å². The first-order valence-corrected chi connectivity index (χ1v) is 3.50. The van der Waals surface area contributed by atoms with Crippen LogP contribution in [0, 0.1) is 0 Å². The van der Waals surface area contributed by atoms with Gasteiger partial charge in [0.1, 0.15) is 0 Å². The maximum absolute atomic E-state index is 8.85. The average molecular weight is 239 g/mol. The van der Waals surface area contributed by atoms with Crippen molar-refractivity contribution in [3.05, 3.63) is 23.8 Å². The molecule has 6 nitrogen and oxygen atoms in total. The Kier molecular flexibility index (Phi) is 11.1. The van der Waals surface area contributed by atoms with Gasteiger partial charge >= 0.3 is 7.12 Å². The third kappa shape index (κ3) is 4.98. The van der Waals surface area contributed by atoms with E-state index in [1.165, 1.54) is 6.07 Å². The Morgan fingerprint density at radius 3 is 2.13 bits per heavy atom. The Bertz CT molecular complexity index is 286. The molecule has 0 amide bonds. The van der Waals surface area contributed by atoms with Crippen LogP contribution in [0.25, 0.3) is 0 Å². The van der Waals surface area contributed by atoms with E-state index in [-0.39, 0.29) is 35.4 Å². The fourth-order valence-electron chi connectivity index (χ4n) is 0.998. The summed E-state index contributed by atoms with van der Waals surface area (Å²) in [6, 6.07) is 4.58. The summed E-state index contributed by atoms with van der Waals surface area (Å²) in [5.41, 5.74) is 6.58. The molecule has 0 unspecified atom stereocenters. The van der Waals surface area contributed by atoms with Crippen molar-refractivity contribution in [2.45, 2.75) is 6.61 Å². The summed E-state index contributed by atoms with van der Waals surface area (Å²) >= 11 is 0. The molecular formula is C7H15BClNO5. The Labute approximate surface area is 93.5 Å². The normalized spacial score (nSPS) is 7.93. The van der Waals surface area contributed by atoms with Crippen LogP contribution in [0.2, 0.25) is 0 Å². The summed E-state index contributed by atoms with van der Waals surface area (Å²) in [6.07, 6.45) is 0. The first kappa shape index (κ1) is 19.7. The molecule has 9 N–H and O–H groups in total. The fraction of sp³-hybridized carbons (Fsp3) is 0.143. The van der Waals surface area contributed by atoms with Crippen LogP contribution < -0.4 is 11.2 Å². The molecule has 0 aliphatic rings. The number of hydrogen-bond donors (Lipinski definition) is 4. The van der Waals surface area contributed by atoms with Gasteiger partial charge in [0.15, 0.2) is 0 Å². The number of benzene rings is 1. The first-order valence-electron chi connectivity index (χ1n) is 3.50. The minimum atomic E-state index is -1.59. The number of nitrogen functional groups attached to an aromatic ring is 1. The maximum Gasteiger partial charge on any atom is 0.488 e. The monoisotopic (exact) mass is 239 g/mol. The second-order valence-electron chi connectivity index (χ2n) is 2.49.